The zero-order valence-corrected chi connectivity index (χ0v) is 21.8. The summed E-state index contributed by atoms with van der Waals surface area (Å²) in [7, 11) is 3.40. The molecule has 0 aliphatic rings. The molecule has 28 heavy (non-hydrogen) atoms. The van der Waals surface area contributed by atoms with E-state index in [2.05, 4.69) is 75.3 Å². The van der Waals surface area contributed by atoms with Crippen molar-refractivity contribution in [1.82, 2.24) is 0 Å². The van der Waals surface area contributed by atoms with E-state index >= 15 is 0 Å². The van der Waals surface area contributed by atoms with Crippen LogP contribution in [0.3, 0.4) is 0 Å². The molecule has 0 unspecified atom stereocenters. The number of carbonyl (C=O) groups excluding carboxylic acids is 1. The van der Waals surface area contributed by atoms with E-state index in [0.29, 0.717) is 0 Å². The summed E-state index contributed by atoms with van der Waals surface area (Å²) in [6.07, 6.45) is 0.796. The van der Waals surface area contributed by atoms with Crippen molar-refractivity contribution in [2.24, 2.45) is 0 Å². The number of hydrogen-bond acceptors (Lipinski definition) is 4. The van der Waals surface area contributed by atoms with E-state index in [1.165, 1.54) is 10.5 Å². The first-order valence-electron chi connectivity index (χ1n) is 8.71. The van der Waals surface area contributed by atoms with E-state index < -0.39 is 4.32 Å². The fraction of sp³-hybridized carbons (Fsp3) is 0.333. The minimum atomic E-state index is -0.587. The third-order valence-electron chi connectivity index (χ3n) is 3.84. The Kier molecular flexibility index (Phi) is 8.65. The number of amides is 1. The van der Waals surface area contributed by atoms with E-state index in [4.69, 9.17) is 12.2 Å². The number of rotatable bonds is 8. The molecular formula is C21H23Br2NOS3. The lowest BCUT2D eigenvalue weighted by Gasteiger charge is -2.17. The zero-order valence-electron chi connectivity index (χ0n) is 16.2. The molecule has 0 radical (unpaired) electrons. The van der Waals surface area contributed by atoms with E-state index in [-0.39, 0.29) is 10.2 Å². The largest absolute Gasteiger partial charge is 0.325 e. The van der Waals surface area contributed by atoms with Gasteiger partial charge in [0.25, 0.3) is 0 Å². The Balaban J connectivity index is 1.88. The summed E-state index contributed by atoms with van der Waals surface area (Å²) in [6, 6.07) is 16.4. The summed E-state index contributed by atoms with van der Waals surface area (Å²) in [5, 5.41) is 2.90. The molecule has 0 atom stereocenters. The van der Waals surface area contributed by atoms with Gasteiger partial charge in [-0.15, -0.1) is 0 Å². The van der Waals surface area contributed by atoms with Gasteiger partial charge in [-0.1, -0.05) is 77.8 Å². The molecule has 7 heteroatoms. The lowest BCUT2D eigenvalue weighted by molar-refractivity contribution is -0.117. The summed E-state index contributed by atoms with van der Waals surface area (Å²) in [6.45, 7) is 7.80. The van der Waals surface area contributed by atoms with Gasteiger partial charge in [-0.25, -0.2) is 0 Å². The van der Waals surface area contributed by atoms with Crippen LogP contribution in [0, 0.1) is 0 Å². The normalized spacial score (nSPS) is 11.9. The van der Waals surface area contributed by atoms with Crippen molar-refractivity contribution in [3.8, 4) is 0 Å². The Morgan fingerprint density at radius 2 is 1.36 bits per heavy atom. The number of hydrogen-bond donors (Lipinski definition) is 1. The molecule has 2 aromatic carbocycles. The monoisotopic (exact) mass is 559 g/mol. The number of thiocarbonyl (C=S) groups is 1. The van der Waals surface area contributed by atoms with Gasteiger partial charge < -0.3 is 5.32 Å². The molecule has 0 aromatic heterocycles. The highest BCUT2D eigenvalue weighted by molar-refractivity contribution is 9.10. The minimum absolute atomic E-state index is 0.0647. The average molecular weight is 561 g/mol. The van der Waals surface area contributed by atoms with Crippen LogP contribution in [0.5, 0.6) is 0 Å². The average Bonchev–Trinajstić information content (AvgIpc) is 2.60. The molecule has 2 aromatic rings. The Morgan fingerprint density at radius 1 is 0.893 bits per heavy atom. The van der Waals surface area contributed by atoms with Gasteiger partial charge in [0.15, 0.2) is 0 Å². The highest BCUT2D eigenvalue weighted by atomic mass is 79.9. The number of benzene rings is 2. The number of anilines is 1. The number of nitrogens with one attached hydrogen (secondary N) is 1. The van der Waals surface area contributed by atoms with Crippen LogP contribution >= 0.6 is 65.7 Å². The van der Waals surface area contributed by atoms with Crippen molar-refractivity contribution < 1.29 is 4.79 Å². The lowest BCUT2D eigenvalue weighted by Crippen LogP contribution is -2.30. The molecule has 0 bridgehead atoms. The molecule has 2 rings (SSSR count). The van der Waals surface area contributed by atoms with Crippen LogP contribution in [0.25, 0.3) is 0 Å². The summed E-state index contributed by atoms with van der Waals surface area (Å²) in [4.78, 5) is 15.3. The van der Waals surface area contributed by atoms with Crippen LogP contribution in [-0.2, 0) is 11.2 Å². The van der Waals surface area contributed by atoms with Crippen LogP contribution in [0.15, 0.2) is 58.3 Å². The first kappa shape index (κ1) is 23.9. The highest BCUT2D eigenvalue weighted by Crippen LogP contribution is 2.38. The molecule has 0 spiro atoms. The standard InChI is InChI=1S/C21H23Br2NOS3/c1-20(2,22)18(26)13-14-5-9-16(10-6-14)27-28-17-11-7-15(8-12-17)24-19(25)21(3,4)23/h5-12H,13H2,1-4H3,(H,24,25). The van der Waals surface area contributed by atoms with E-state index in [1.54, 1.807) is 21.6 Å². The second-order valence-corrected chi connectivity index (χ2v) is 14.1. The van der Waals surface area contributed by atoms with Crippen molar-refractivity contribution in [3.63, 3.8) is 0 Å². The van der Waals surface area contributed by atoms with E-state index in [1.807, 2.05) is 38.1 Å². The minimum Gasteiger partial charge on any atom is -0.325 e. The van der Waals surface area contributed by atoms with Gasteiger partial charge in [-0.3, -0.25) is 4.79 Å². The van der Waals surface area contributed by atoms with Crippen LogP contribution < -0.4 is 5.32 Å². The smallest absolute Gasteiger partial charge is 0.240 e. The Labute approximate surface area is 197 Å². The van der Waals surface area contributed by atoms with Crippen molar-refractivity contribution in [1.29, 1.82) is 0 Å². The molecule has 0 aliphatic carbocycles. The SMILES string of the molecule is CC(C)(Br)C(=O)Nc1ccc(SSc2ccc(CC(=S)C(C)(C)Br)cc2)cc1. The van der Waals surface area contributed by atoms with Gasteiger partial charge in [0.1, 0.15) is 0 Å². The van der Waals surface area contributed by atoms with Gasteiger partial charge in [0.2, 0.25) is 5.91 Å². The van der Waals surface area contributed by atoms with Gasteiger partial charge in [0.05, 0.1) is 8.65 Å². The first-order valence-corrected chi connectivity index (χ1v) is 12.9. The Morgan fingerprint density at radius 3 is 1.79 bits per heavy atom. The van der Waals surface area contributed by atoms with Crippen LogP contribution in [-0.4, -0.2) is 19.4 Å². The van der Waals surface area contributed by atoms with Crippen molar-refractivity contribution >= 4 is 82.1 Å². The predicted octanol–water partition coefficient (Wildman–Crippen LogP) is 7.68. The maximum absolute atomic E-state index is 12.0. The molecule has 0 saturated carbocycles. The quantitative estimate of drug-likeness (QED) is 0.203. The van der Waals surface area contributed by atoms with E-state index in [0.717, 1.165) is 21.9 Å². The first-order chi connectivity index (χ1) is 12.9. The second kappa shape index (κ2) is 10.1. The molecule has 150 valence electrons. The zero-order chi connectivity index (χ0) is 20.9. The van der Waals surface area contributed by atoms with Crippen molar-refractivity contribution in [3.05, 3.63) is 54.1 Å². The van der Waals surface area contributed by atoms with Crippen LogP contribution in [0.1, 0.15) is 33.3 Å². The summed E-state index contributed by atoms with van der Waals surface area (Å²) in [5.74, 6) is -0.0647. The number of halogens is 2. The maximum Gasteiger partial charge on any atom is 0.240 e. The van der Waals surface area contributed by atoms with Gasteiger partial charge in [-0.2, -0.15) is 0 Å². The van der Waals surface area contributed by atoms with Crippen molar-refractivity contribution in [2.45, 2.75) is 52.6 Å². The second-order valence-electron chi connectivity index (χ2n) is 7.33. The highest BCUT2D eigenvalue weighted by Gasteiger charge is 2.23. The molecule has 0 heterocycles. The summed E-state index contributed by atoms with van der Waals surface area (Å²) < 4.78 is -0.710. The third kappa shape index (κ3) is 7.82. The van der Waals surface area contributed by atoms with Crippen LogP contribution in [0.4, 0.5) is 5.69 Å². The number of alkyl halides is 2. The Hall–Kier alpha value is -0.340. The van der Waals surface area contributed by atoms with E-state index in [9.17, 15) is 4.79 Å². The van der Waals surface area contributed by atoms with Gasteiger partial charge in [0, 0.05) is 26.8 Å². The fourth-order valence-corrected chi connectivity index (χ4v) is 4.37. The molecule has 1 amide bonds. The molecule has 0 aliphatic heterocycles. The molecule has 1 N–H and O–H groups in total. The van der Waals surface area contributed by atoms with Gasteiger partial charge in [-0.05, 0) is 69.7 Å². The molecular weight excluding hydrogens is 538 g/mol. The van der Waals surface area contributed by atoms with Crippen molar-refractivity contribution in [2.75, 3.05) is 5.32 Å². The number of carbonyl (C=O) groups is 1. The lowest BCUT2D eigenvalue weighted by atomic mass is 10.0. The maximum atomic E-state index is 12.0. The molecule has 2 nitrogen and oxygen atoms in total. The predicted molar refractivity (Wildman–Crippen MR) is 136 cm³/mol. The fourth-order valence-electron chi connectivity index (χ4n) is 2.03. The topological polar surface area (TPSA) is 29.1 Å². The summed E-state index contributed by atoms with van der Waals surface area (Å²) in [5.41, 5.74) is 2.02. The Bertz CT molecular complexity index is 751. The summed E-state index contributed by atoms with van der Waals surface area (Å²) >= 11 is 12.5. The molecule has 0 fully saturated rings. The third-order valence-corrected chi connectivity index (χ3v) is 8.01. The van der Waals surface area contributed by atoms with Crippen LogP contribution in [0.2, 0.25) is 0 Å². The molecule has 0 saturated heterocycles. The van der Waals surface area contributed by atoms with Gasteiger partial charge >= 0.3 is 0 Å².